The van der Waals surface area contributed by atoms with Crippen LogP contribution in [0.3, 0.4) is 0 Å². The number of amides is 1. The van der Waals surface area contributed by atoms with E-state index in [4.69, 9.17) is 9.26 Å². The van der Waals surface area contributed by atoms with Crippen LogP contribution in [0.5, 0.6) is 5.75 Å². The first-order valence-electron chi connectivity index (χ1n) is 10.4. The minimum atomic E-state index is -0.0230. The Morgan fingerprint density at radius 1 is 1.10 bits per heavy atom. The third-order valence-electron chi connectivity index (χ3n) is 4.69. The van der Waals surface area contributed by atoms with Crippen LogP contribution in [-0.4, -0.2) is 34.2 Å². The van der Waals surface area contributed by atoms with Crippen molar-refractivity contribution >= 4 is 27.5 Å². The topological polar surface area (TPSA) is 90.1 Å². The van der Waals surface area contributed by atoms with E-state index in [0.29, 0.717) is 37.7 Å². The summed E-state index contributed by atoms with van der Waals surface area (Å²) in [4.78, 5) is 21.1. The Morgan fingerprint density at radius 3 is 2.74 bits per heavy atom. The number of hydrogen-bond donors (Lipinski definition) is 1. The van der Waals surface area contributed by atoms with Gasteiger partial charge < -0.3 is 14.6 Å². The molecule has 1 amide bonds. The lowest BCUT2D eigenvalue weighted by Gasteiger charge is -2.03. The van der Waals surface area contributed by atoms with Crippen molar-refractivity contribution in [3.8, 4) is 17.1 Å². The number of aryl methyl sites for hydroxylation is 2. The normalized spacial score (nSPS) is 11.0. The first-order valence-corrected chi connectivity index (χ1v) is 11.2. The zero-order chi connectivity index (χ0) is 21.5. The fourth-order valence-corrected chi connectivity index (χ4v) is 4.15. The zero-order valence-corrected chi connectivity index (χ0v) is 18.2. The molecule has 0 spiro atoms. The van der Waals surface area contributed by atoms with Crippen LogP contribution in [0.2, 0.25) is 0 Å². The van der Waals surface area contributed by atoms with Crippen LogP contribution < -0.4 is 10.1 Å². The highest BCUT2D eigenvalue weighted by molar-refractivity contribution is 7.18. The summed E-state index contributed by atoms with van der Waals surface area (Å²) < 4.78 is 11.9. The van der Waals surface area contributed by atoms with Gasteiger partial charge in [-0.05, 0) is 49.7 Å². The standard InChI is InChI=1S/C23H24N4O3S/c1-2-29-17-11-9-16(10-12-17)23-26-21(30-27-23)14-13-20(28)24-15-5-8-22-25-18-6-3-4-7-19(18)31-22/h3-4,6-7,9-12H,2,5,8,13-15H2,1H3,(H,24,28). The lowest BCUT2D eigenvalue weighted by Crippen LogP contribution is -2.25. The maximum absolute atomic E-state index is 12.1. The molecule has 2 heterocycles. The Labute approximate surface area is 184 Å². The van der Waals surface area contributed by atoms with Gasteiger partial charge in [0, 0.05) is 31.4 Å². The Kier molecular flexibility index (Phi) is 6.89. The third-order valence-corrected chi connectivity index (χ3v) is 5.78. The average molecular weight is 437 g/mol. The second-order valence-corrected chi connectivity index (χ2v) is 8.11. The van der Waals surface area contributed by atoms with Gasteiger partial charge in [0.25, 0.3) is 0 Å². The first kappa shape index (κ1) is 21.0. The quantitative estimate of drug-likeness (QED) is 0.370. The van der Waals surface area contributed by atoms with E-state index < -0.39 is 0 Å². The van der Waals surface area contributed by atoms with Crippen LogP contribution in [0.15, 0.2) is 53.1 Å². The molecular weight excluding hydrogens is 412 g/mol. The van der Waals surface area contributed by atoms with Crippen LogP contribution in [-0.2, 0) is 17.6 Å². The van der Waals surface area contributed by atoms with Crippen LogP contribution in [0.25, 0.3) is 21.6 Å². The van der Waals surface area contributed by atoms with Gasteiger partial charge in [-0.25, -0.2) is 4.98 Å². The number of hydrogen-bond acceptors (Lipinski definition) is 7. The number of aromatic nitrogens is 3. The predicted octanol–water partition coefficient (Wildman–Crippen LogP) is 4.43. The number of rotatable bonds is 10. The minimum absolute atomic E-state index is 0.0230. The van der Waals surface area contributed by atoms with E-state index in [2.05, 4.69) is 26.5 Å². The summed E-state index contributed by atoms with van der Waals surface area (Å²) in [5, 5.41) is 8.05. The average Bonchev–Trinajstić information content (AvgIpc) is 3.43. The Morgan fingerprint density at radius 2 is 1.94 bits per heavy atom. The molecule has 0 saturated heterocycles. The van der Waals surface area contributed by atoms with Gasteiger partial charge in [-0.3, -0.25) is 4.79 Å². The van der Waals surface area contributed by atoms with E-state index in [9.17, 15) is 4.79 Å². The van der Waals surface area contributed by atoms with Crippen LogP contribution in [0.4, 0.5) is 0 Å². The molecule has 0 unspecified atom stereocenters. The third kappa shape index (κ3) is 5.67. The van der Waals surface area contributed by atoms with Crippen LogP contribution in [0.1, 0.15) is 30.7 Å². The van der Waals surface area contributed by atoms with E-state index in [0.717, 1.165) is 34.7 Å². The van der Waals surface area contributed by atoms with Crippen LogP contribution >= 0.6 is 11.3 Å². The molecule has 4 aromatic rings. The summed E-state index contributed by atoms with van der Waals surface area (Å²) in [5.41, 5.74) is 1.88. The molecule has 0 aliphatic heterocycles. The van der Waals surface area contributed by atoms with Gasteiger partial charge in [-0.15, -0.1) is 11.3 Å². The summed E-state index contributed by atoms with van der Waals surface area (Å²) >= 11 is 1.71. The predicted molar refractivity (Wildman–Crippen MR) is 120 cm³/mol. The number of nitrogens with one attached hydrogen (secondary N) is 1. The number of fused-ring (bicyclic) bond motifs is 1. The molecule has 31 heavy (non-hydrogen) atoms. The smallest absolute Gasteiger partial charge is 0.227 e. The molecule has 2 aromatic heterocycles. The molecule has 0 atom stereocenters. The van der Waals surface area contributed by atoms with Gasteiger partial charge >= 0.3 is 0 Å². The number of ether oxygens (including phenoxy) is 1. The Hall–Kier alpha value is -3.26. The van der Waals surface area contributed by atoms with Crippen LogP contribution in [0, 0.1) is 0 Å². The summed E-state index contributed by atoms with van der Waals surface area (Å²) in [6, 6.07) is 15.6. The van der Waals surface area contributed by atoms with Gasteiger partial charge in [0.05, 0.1) is 21.8 Å². The zero-order valence-electron chi connectivity index (χ0n) is 17.3. The SMILES string of the molecule is CCOc1ccc(-c2noc(CCC(=O)NCCCc3nc4ccccc4s3)n2)cc1. The molecule has 7 nitrogen and oxygen atoms in total. The van der Waals surface area contributed by atoms with E-state index in [-0.39, 0.29) is 5.91 Å². The molecule has 4 rings (SSSR count). The number of thiazole rings is 1. The monoisotopic (exact) mass is 436 g/mol. The molecule has 0 aliphatic rings. The number of benzene rings is 2. The van der Waals surface area contributed by atoms with E-state index >= 15 is 0 Å². The van der Waals surface area contributed by atoms with Crippen molar-refractivity contribution in [3.05, 3.63) is 59.4 Å². The van der Waals surface area contributed by atoms with Crippen molar-refractivity contribution < 1.29 is 14.1 Å². The van der Waals surface area contributed by atoms with Crippen molar-refractivity contribution in [3.63, 3.8) is 0 Å². The Bertz CT molecular complexity index is 1100. The maximum Gasteiger partial charge on any atom is 0.227 e. The summed E-state index contributed by atoms with van der Waals surface area (Å²) in [6.45, 7) is 3.18. The van der Waals surface area contributed by atoms with Crippen molar-refractivity contribution in [2.24, 2.45) is 0 Å². The van der Waals surface area contributed by atoms with E-state index in [1.165, 1.54) is 4.70 Å². The molecule has 0 fully saturated rings. The molecule has 0 saturated carbocycles. The van der Waals surface area contributed by atoms with Gasteiger partial charge in [-0.2, -0.15) is 4.98 Å². The highest BCUT2D eigenvalue weighted by atomic mass is 32.1. The molecule has 0 bridgehead atoms. The first-order chi connectivity index (χ1) is 15.2. The molecule has 1 N–H and O–H groups in total. The molecular formula is C23H24N4O3S. The second kappa shape index (κ2) is 10.2. The van der Waals surface area contributed by atoms with Crippen molar-refractivity contribution in [1.29, 1.82) is 0 Å². The van der Waals surface area contributed by atoms with Crippen molar-refractivity contribution in [2.75, 3.05) is 13.2 Å². The fraction of sp³-hybridized carbons (Fsp3) is 0.304. The number of nitrogens with zero attached hydrogens (tertiary/aromatic N) is 3. The summed E-state index contributed by atoms with van der Waals surface area (Å²) in [6.07, 6.45) is 2.43. The maximum atomic E-state index is 12.1. The van der Waals surface area contributed by atoms with E-state index in [1.54, 1.807) is 11.3 Å². The lowest BCUT2D eigenvalue weighted by atomic mass is 10.2. The van der Waals surface area contributed by atoms with Gasteiger partial charge in [0.2, 0.25) is 17.6 Å². The molecule has 0 aliphatic carbocycles. The Balaban J connectivity index is 1.18. The largest absolute Gasteiger partial charge is 0.494 e. The fourth-order valence-electron chi connectivity index (χ4n) is 3.14. The molecule has 160 valence electrons. The van der Waals surface area contributed by atoms with Gasteiger partial charge in [0.15, 0.2) is 0 Å². The van der Waals surface area contributed by atoms with Crippen molar-refractivity contribution in [1.82, 2.24) is 20.4 Å². The number of carbonyl (C=O) groups is 1. The molecule has 8 heteroatoms. The van der Waals surface area contributed by atoms with Gasteiger partial charge in [0.1, 0.15) is 5.75 Å². The van der Waals surface area contributed by atoms with Crippen molar-refractivity contribution in [2.45, 2.75) is 32.6 Å². The lowest BCUT2D eigenvalue weighted by molar-refractivity contribution is -0.121. The van der Waals surface area contributed by atoms with Gasteiger partial charge in [-0.1, -0.05) is 17.3 Å². The highest BCUT2D eigenvalue weighted by Crippen LogP contribution is 2.22. The molecule has 2 aromatic carbocycles. The number of carbonyl (C=O) groups excluding carboxylic acids is 1. The van der Waals surface area contributed by atoms with E-state index in [1.807, 2.05) is 49.4 Å². The minimum Gasteiger partial charge on any atom is -0.494 e. The second-order valence-electron chi connectivity index (χ2n) is 7.00. The molecule has 0 radical (unpaired) electrons. The number of para-hydroxylation sites is 1. The highest BCUT2D eigenvalue weighted by Gasteiger charge is 2.11. The summed E-state index contributed by atoms with van der Waals surface area (Å²) in [5.74, 6) is 1.74. The summed E-state index contributed by atoms with van der Waals surface area (Å²) in [7, 11) is 0.